The second-order valence-corrected chi connectivity index (χ2v) is 6.81. The highest BCUT2D eigenvalue weighted by Crippen LogP contribution is 2.19. The van der Waals surface area contributed by atoms with E-state index >= 15 is 0 Å². The van der Waals surface area contributed by atoms with E-state index in [0.29, 0.717) is 18.2 Å². The Bertz CT molecular complexity index is 1070. The second kappa shape index (κ2) is 6.67. The van der Waals surface area contributed by atoms with Crippen LogP contribution in [0.3, 0.4) is 0 Å². The number of H-pyrrole nitrogens is 1. The molecule has 0 atom stereocenters. The summed E-state index contributed by atoms with van der Waals surface area (Å²) < 4.78 is 2.11. The quantitative estimate of drug-likeness (QED) is 0.572. The number of carbonyl (C=O) groups is 1. The van der Waals surface area contributed by atoms with Gasteiger partial charge < -0.3 is 14.9 Å². The fourth-order valence-electron chi connectivity index (χ4n) is 3.34. The van der Waals surface area contributed by atoms with E-state index in [1.807, 2.05) is 42.9 Å². The molecule has 0 aliphatic heterocycles. The maximum atomic E-state index is 12.5. The van der Waals surface area contributed by atoms with Crippen LogP contribution in [0.2, 0.25) is 0 Å². The number of aromatic amines is 1. The number of hydrogen-bond acceptors (Lipinski definition) is 2. The SMILES string of the molecule is CC(C)n1cnc2cc(C(=O)NCCc3c[nH]c4ccccc34)ccc21. The van der Waals surface area contributed by atoms with Crippen molar-refractivity contribution >= 4 is 27.8 Å². The standard InChI is InChI=1S/C21H22N4O/c1-14(2)25-13-24-19-11-15(7-8-20(19)25)21(26)22-10-9-16-12-23-18-6-4-3-5-17(16)18/h3-8,11-14,23H,9-10H2,1-2H3,(H,22,26). The van der Waals surface area contributed by atoms with E-state index < -0.39 is 0 Å². The van der Waals surface area contributed by atoms with Crippen molar-refractivity contribution in [3.8, 4) is 0 Å². The highest BCUT2D eigenvalue weighted by molar-refractivity contribution is 5.97. The maximum Gasteiger partial charge on any atom is 0.251 e. The zero-order valence-electron chi connectivity index (χ0n) is 15.0. The van der Waals surface area contributed by atoms with E-state index in [9.17, 15) is 4.79 Å². The lowest BCUT2D eigenvalue weighted by atomic mass is 10.1. The van der Waals surface area contributed by atoms with Crippen LogP contribution in [0.4, 0.5) is 0 Å². The fraction of sp³-hybridized carbons (Fsp3) is 0.238. The normalized spacial score (nSPS) is 11.5. The lowest BCUT2D eigenvalue weighted by Crippen LogP contribution is -2.25. The van der Waals surface area contributed by atoms with Crippen molar-refractivity contribution in [2.24, 2.45) is 0 Å². The van der Waals surface area contributed by atoms with Gasteiger partial charge in [-0.15, -0.1) is 0 Å². The van der Waals surface area contributed by atoms with Gasteiger partial charge in [0.1, 0.15) is 0 Å². The van der Waals surface area contributed by atoms with Crippen molar-refractivity contribution in [1.82, 2.24) is 19.9 Å². The Balaban J connectivity index is 1.44. The van der Waals surface area contributed by atoms with Gasteiger partial charge in [-0.25, -0.2) is 4.98 Å². The highest BCUT2D eigenvalue weighted by atomic mass is 16.1. The van der Waals surface area contributed by atoms with Gasteiger partial charge in [-0.1, -0.05) is 18.2 Å². The summed E-state index contributed by atoms with van der Waals surface area (Å²) in [5, 5.41) is 4.22. The molecule has 0 saturated carbocycles. The molecule has 0 radical (unpaired) electrons. The summed E-state index contributed by atoms with van der Waals surface area (Å²) in [4.78, 5) is 20.2. The minimum absolute atomic E-state index is 0.0640. The first-order chi connectivity index (χ1) is 12.6. The van der Waals surface area contributed by atoms with Gasteiger partial charge in [0, 0.05) is 35.2 Å². The average molecular weight is 346 g/mol. The summed E-state index contributed by atoms with van der Waals surface area (Å²) in [7, 11) is 0. The summed E-state index contributed by atoms with van der Waals surface area (Å²) in [5.41, 5.74) is 4.88. The molecule has 2 aromatic heterocycles. The molecule has 0 fully saturated rings. The maximum absolute atomic E-state index is 12.5. The number of nitrogens with one attached hydrogen (secondary N) is 2. The molecule has 0 aliphatic carbocycles. The van der Waals surface area contributed by atoms with E-state index in [2.05, 4.69) is 45.8 Å². The Morgan fingerprint density at radius 1 is 1.23 bits per heavy atom. The molecule has 4 rings (SSSR count). The van der Waals surface area contributed by atoms with Crippen LogP contribution in [0, 0.1) is 0 Å². The number of imidazole rings is 1. The molecule has 2 aromatic carbocycles. The number of para-hydroxylation sites is 1. The van der Waals surface area contributed by atoms with Crippen LogP contribution in [-0.2, 0) is 6.42 Å². The molecular formula is C21H22N4O. The minimum Gasteiger partial charge on any atom is -0.361 e. The Kier molecular flexibility index (Phi) is 4.21. The summed E-state index contributed by atoms with van der Waals surface area (Å²) in [6, 6.07) is 14.2. The lowest BCUT2D eigenvalue weighted by Gasteiger charge is -2.08. The van der Waals surface area contributed by atoms with Crippen molar-refractivity contribution in [3.05, 3.63) is 66.1 Å². The van der Waals surface area contributed by atoms with E-state index in [1.54, 1.807) is 0 Å². The molecule has 0 aliphatic rings. The van der Waals surface area contributed by atoms with Crippen molar-refractivity contribution in [2.75, 3.05) is 6.54 Å². The predicted molar refractivity (Wildman–Crippen MR) is 104 cm³/mol. The van der Waals surface area contributed by atoms with Crippen LogP contribution in [0.5, 0.6) is 0 Å². The number of rotatable bonds is 5. The van der Waals surface area contributed by atoms with Crippen LogP contribution in [0.1, 0.15) is 35.8 Å². The van der Waals surface area contributed by atoms with Crippen LogP contribution in [0.25, 0.3) is 21.9 Å². The largest absolute Gasteiger partial charge is 0.361 e. The van der Waals surface area contributed by atoms with Crippen molar-refractivity contribution in [1.29, 1.82) is 0 Å². The first-order valence-electron chi connectivity index (χ1n) is 8.93. The van der Waals surface area contributed by atoms with Crippen LogP contribution < -0.4 is 5.32 Å². The average Bonchev–Trinajstić information content (AvgIpc) is 3.25. The molecule has 2 N–H and O–H groups in total. The topological polar surface area (TPSA) is 62.7 Å². The van der Waals surface area contributed by atoms with E-state index in [1.165, 1.54) is 10.9 Å². The molecule has 0 spiro atoms. The Morgan fingerprint density at radius 3 is 2.92 bits per heavy atom. The number of benzene rings is 2. The summed E-state index contributed by atoms with van der Waals surface area (Å²) >= 11 is 0. The van der Waals surface area contributed by atoms with Gasteiger partial charge in [0.05, 0.1) is 17.4 Å². The molecule has 2 heterocycles. The molecule has 5 heteroatoms. The third kappa shape index (κ3) is 2.96. The number of amides is 1. The minimum atomic E-state index is -0.0640. The van der Waals surface area contributed by atoms with Gasteiger partial charge in [-0.05, 0) is 50.1 Å². The highest BCUT2D eigenvalue weighted by Gasteiger charge is 2.11. The Morgan fingerprint density at radius 2 is 2.08 bits per heavy atom. The Hall–Kier alpha value is -3.08. The first-order valence-corrected chi connectivity index (χ1v) is 8.93. The van der Waals surface area contributed by atoms with Crippen LogP contribution >= 0.6 is 0 Å². The summed E-state index contributed by atoms with van der Waals surface area (Å²) in [5.74, 6) is -0.0640. The second-order valence-electron chi connectivity index (χ2n) is 6.81. The zero-order valence-corrected chi connectivity index (χ0v) is 15.0. The van der Waals surface area contributed by atoms with Gasteiger partial charge in [0.25, 0.3) is 5.91 Å². The van der Waals surface area contributed by atoms with Crippen molar-refractivity contribution in [3.63, 3.8) is 0 Å². The predicted octanol–water partition coefficient (Wildman–Crippen LogP) is 4.07. The van der Waals surface area contributed by atoms with Crippen molar-refractivity contribution < 1.29 is 4.79 Å². The molecular weight excluding hydrogens is 324 g/mol. The molecule has 4 aromatic rings. The molecule has 5 nitrogen and oxygen atoms in total. The van der Waals surface area contributed by atoms with Crippen LogP contribution in [0.15, 0.2) is 55.0 Å². The monoisotopic (exact) mass is 346 g/mol. The number of hydrogen-bond donors (Lipinski definition) is 2. The zero-order chi connectivity index (χ0) is 18.1. The summed E-state index contributed by atoms with van der Waals surface area (Å²) in [6.07, 6.45) is 4.63. The number of fused-ring (bicyclic) bond motifs is 2. The molecule has 1 amide bonds. The van der Waals surface area contributed by atoms with Crippen LogP contribution in [-0.4, -0.2) is 27.0 Å². The van der Waals surface area contributed by atoms with Gasteiger partial charge in [-0.2, -0.15) is 0 Å². The van der Waals surface area contributed by atoms with Gasteiger partial charge in [-0.3, -0.25) is 4.79 Å². The van der Waals surface area contributed by atoms with Gasteiger partial charge in [0.2, 0.25) is 0 Å². The van der Waals surface area contributed by atoms with E-state index in [4.69, 9.17) is 0 Å². The van der Waals surface area contributed by atoms with Gasteiger partial charge in [0.15, 0.2) is 0 Å². The van der Waals surface area contributed by atoms with E-state index in [-0.39, 0.29) is 5.91 Å². The third-order valence-corrected chi connectivity index (χ3v) is 4.75. The molecule has 26 heavy (non-hydrogen) atoms. The first kappa shape index (κ1) is 16.4. The van der Waals surface area contributed by atoms with E-state index in [0.717, 1.165) is 23.0 Å². The van der Waals surface area contributed by atoms with Crippen molar-refractivity contribution in [2.45, 2.75) is 26.3 Å². The number of nitrogens with zero attached hydrogens (tertiary/aromatic N) is 2. The smallest absolute Gasteiger partial charge is 0.251 e. The van der Waals surface area contributed by atoms with Gasteiger partial charge >= 0.3 is 0 Å². The molecule has 0 saturated heterocycles. The fourth-order valence-corrected chi connectivity index (χ4v) is 3.34. The third-order valence-electron chi connectivity index (χ3n) is 4.75. The lowest BCUT2D eigenvalue weighted by molar-refractivity contribution is 0.0954. The number of aromatic nitrogens is 3. The number of carbonyl (C=O) groups excluding carboxylic acids is 1. The molecule has 0 bridgehead atoms. The molecule has 0 unspecified atom stereocenters. The Labute approximate surface area is 152 Å². The summed E-state index contributed by atoms with van der Waals surface area (Å²) in [6.45, 7) is 4.83. The molecule has 132 valence electrons.